The molecule has 1 atom stereocenters. The number of hydrogen-bond donors (Lipinski definition) is 3. The van der Waals surface area contributed by atoms with E-state index in [9.17, 15) is 14.4 Å². The van der Waals surface area contributed by atoms with Crippen LogP contribution in [0.1, 0.15) is 62.5 Å². The lowest BCUT2D eigenvalue weighted by molar-refractivity contribution is -0.142. The van der Waals surface area contributed by atoms with Gasteiger partial charge < -0.3 is 20.5 Å². The van der Waals surface area contributed by atoms with Crippen LogP contribution in [0.15, 0.2) is 48.5 Å². The Balaban J connectivity index is 1.28. The molecule has 0 aromatic heterocycles. The van der Waals surface area contributed by atoms with Gasteiger partial charge in [-0.3, -0.25) is 9.59 Å². The quantitative estimate of drug-likeness (QED) is 0.485. The van der Waals surface area contributed by atoms with E-state index in [0.29, 0.717) is 32.1 Å². The van der Waals surface area contributed by atoms with Crippen molar-refractivity contribution in [2.45, 2.75) is 57.4 Å². The number of carbonyl (C=O) groups is 3. The Morgan fingerprint density at radius 3 is 2.14 bits per heavy atom. The summed E-state index contributed by atoms with van der Waals surface area (Å²) in [6.45, 7) is 2.45. The van der Waals surface area contributed by atoms with E-state index in [-0.39, 0.29) is 42.9 Å². The standard InChI is InChI=1S/C28H34N2O5/c1-2-7-19(26(31)30-20-14-12-18(13-15-20)27(32)33)16-29-28(34)35-17-25-23-10-5-3-8-21(23)22-9-4-6-11-24(22)25/h3-6,8-11,18-20,25H,2,7,12-17H2,1H3,(H,29,34)(H,30,31)(H,32,33). The van der Waals surface area contributed by atoms with Gasteiger partial charge in [0.05, 0.1) is 11.8 Å². The molecule has 2 aliphatic rings. The van der Waals surface area contributed by atoms with Crippen LogP contribution in [0.2, 0.25) is 0 Å². The van der Waals surface area contributed by atoms with Gasteiger partial charge in [0.15, 0.2) is 0 Å². The normalized spacial score (nSPS) is 19.8. The molecule has 2 aromatic rings. The number of fused-ring (bicyclic) bond motifs is 3. The summed E-state index contributed by atoms with van der Waals surface area (Å²) < 4.78 is 5.59. The second kappa shape index (κ2) is 11.4. The van der Waals surface area contributed by atoms with Crippen LogP contribution in [-0.4, -0.2) is 42.3 Å². The monoisotopic (exact) mass is 478 g/mol. The van der Waals surface area contributed by atoms with Gasteiger partial charge in [0, 0.05) is 18.5 Å². The summed E-state index contributed by atoms with van der Waals surface area (Å²) in [5, 5.41) is 15.0. The third-order valence-electron chi connectivity index (χ3n) is 7.27. The summed E-state index contributed by atoms with van der Waals surface area (Å²) in [5.41, 5.74) is 4.66. The maximum Gasteiger partial charge on any atom is 0.407 e. The SMILES string of the molecule is CCCC(CNC(=O)OCC1c2ccccc2-c2ccccc21)C(=O)NC1CCC(C(=O)O)CC1. The third-order valence-corrected chi connectivity index (χ3v) is 7.27. The predicted molar refractivity (Wildman–Crippen MR) is 133 cm³/mol. The van der Waals surface area contributed by atoms with Crippen molar-refractivity contribution in [1.29, 1.82) is 0 Å². The van der Waals surface area contributed by atoms with Gasteiger partial charge in [0.25, 0.3) is 0 Å². The molecule has 0 spiro atoms. The number of ether oxygens (including phenoxy) is 1. The number of benzene rings is 2. The van der Waals surface area contributed by atoms with Crippen LogP contribution >= 0.6 is 0 Å². The Kier molecular flexibility index (Phi) is 8.06. The largest absolute Gasteiger partial charge is 0.481 e. The lowest BCUT2D eigenvalue weighted by Gasteiger charge is -2.28. The van der Waals surface area contributed by atoms with Crippen LogP contribution in [0.5, 0.6) is 0 Å². The Morgan fingerprint density at radius 2 is 1.57 bits per heavy atom. The summed E-state index contributed by atoms with van der Waals surface area (Å²) in [7, 11) is 0. The highest BCUT2D eigenvalue weighted by Crippen LogP contribution is 2.44. The van der Waals surface area contributed by atoms with Gasteiger partial charge in [0.1, 0.15) is 6.61 Å². The molecule has 7 nitrogen and oxygen atoms in total. The lowest BCUT2D eigenvalue weighted by atomic mass is 9.86. The van der Waals surface area contributed by atoms with Crippen molar-refractivity contribution in [2.24, 2.45) is 11.8 Å². The molecule has 0 radical (unpaired) electrons. The summed E-state index contributed by atoms with van der Waals surface area (Å²) >= 11 is 0. The van der Waals surface area contributed by atoms with Crippen LogP contribution in [0.4, 0.5) is 4.79 Å². The van der Waals surface area contributed by atoms with Crippen molar-refractivity contribution < 1.29 is 24.2 Å². The molecule has 4 rings (SSSR count). The smallest absolute Gasteiger partial charge is 0.407 e. The Morgan fingerprint density at radius 1 is 0.971 bits per heavy atom. The minimum atomic E-state index is -0.758. The molecule has 0 saturated heterocycles. The van der Waals surface area contributed by atoms with Crippen molar-refractivity contribution >= 4 is 18.0 Å². The third kappa shape index (κ3) is 5.84. The van der Waals surface area contributed by atoms with Crippen molar-refractivity contribution in [2.75, 3.05) is 13.2 Å². The fourth-order valence-corrected chi connectivity index (χ4v) is 5.33. The average Bonchev–Trinajstić information content (AvgIpc) is 3.19. The van der Waals surface area contributed by atoms with Gasteiger partial charge in [0.2, 0.25) is 5.91 Å². The molecular formula is C28H34N2O5. The van der Waals surface area contributed by atoms with Crippen molar-refractivity contribution in [1.82, 2.24) is 10.6 Å². The van der Waals surface area contributed by atoms with Crippen LogP contribution in [0, 0.1) is 11.8 Å². The van der Waals surface area contributed by atoms with Crippen LogP contribution in [0.25, 0.3) is 11.1 Å². The first-order chi connectivity index (χ1) is 17.0. The number of amides is 2. The van der Waals surface area contributed by atoms with E-state index in [2.05, 4.69) is 34.9 Å². The average molecular weight is 479 g/mol. The molecule has 3 N–H and O–H groups in total. The Bertz CT molecular complexity index is 1020. The van der Waals surface area contributed by atoms with Gasteiger partial charge in [-0.05, 0) is 54.4 Å². The number of hydrogen-bond acceptors (Lipinski definition) is 4. The molecule has 186 valence electrons. The van der Waals surface area contributed by atoms with Gasteiger partial charge in [-0.15, -0.1) is 0 Å². The molecule has 1 unspecified atom stereocenters. The first-order valence-corrected chi connectivity index (χ1v) is 12.6. The van der Waals surface area contributed by atoms with E-state index in [4.69, 9.17) is 9.84 Å². The molecule has 2 amide bonds. The summed E-state index contributed by atoms with van der Waals surface area (Å²) in [6, 6.07) is 16.4. The number of aliphatic carboxylic acids is 1. The van der Waals surface area contributed by atoms with E-state index < -0.39 is 12.1 Å². The molecule has 0 heterocycles. The maximum atomic E-state index is 12.9. The molecule has 0 bridgehead atoms. The number of alkyl carbamates (subject to hydrolysis) is 1. The van der Waals surface area contributed by atoms with Crippen LogP contribution in [-0.2, 0) is 14.3 Å². The first-order valence-electron chi connectivity index (χ1n) is 12.6. The van der Waals surface area contributed by atoms with E-state index >= 15 is 0 Å². The zero-order chi connectivity index (χ0) is 24.8. The fraction of sp³-hybridized carbons (Fsp3) is 0.464. The Labute approximate surface area is 206 Å². The van der Waals surface area contributed by atoms with Gasteiger partial charge >= 0.3 is 12.1 Å². The first kappa shape index (κ1) is 24.8. The van der Waals surface area contributed by atoms with Crippen molar-refractivity contribution in [3.8, 4) is 11.1 Å². The number of carbonyl (C=O) groups excluding carboxylic acids is 2. The molecule has 0 aliphatic heterocycles. The number of carboxylic acids is 1. The molecule has 1 saturated carbocycles. The van der Waals surface area contributed by atoms with Crippen LogP contribution in [0.3, 0.4) is 0 Å². The van der Waals surface area contributed by atoms with E-state index in [1.54, 1.807) is 0 Å². The molecule has 2 aliphatic carbocycles. The number of carboxylic acid groups (broad SMARTS) is 1. The van der Waals surface area contributed by atoms with Crippen molar-refractivity contribution in [3.63, 3.8) is 0 Å². The zero-order valence-electron chi connectivity index (χ0n) is 20.2. The predicted octanol–water partition coefficient (Wildman–Crippen LogP) is 4.70. The van der Waals surface area contributed by atoms with E-state index in [0.717, 1.165) is 17.5 Å². The van der Waals surface area contributed by atoms with Gasteiger partial charge in [-0.25, -0.2) is 4.79 Å². The van der Waals surface area contributed by atoms with Gasteiger partial charge in [-0.2, -0.15) is 0 Å². The van der Waals surface area contributed by atoms with E-state index in [1.807, 2.05) is 31.2 Å². The molecular weight excluding hydrogens is 444 g/mol. The van der Waals surface area contributed by atoms with Gasteiger partial charge in [-0.1, -0.05) is 61.9 Å². The minimum absolute atomic E-state index is 0.00749. The van der Waals surface area contributed by atoms with Crippen molar-refractivity contribution in [3.05, 3.63) is 59.7 Å². The molecule has 1 fully saturated rings. The fourth-order valence-electron chi connectivity index (χ4n) is 5.33. The maximum absolute atomic E-state index is 12.9. The lowest BCUT2D eigenvalue weighted by Crippen LogP contribution is -2.44. The van der Waals surface area contributed by atoms with Crippen LogP contribution < -0.4 is 10.6 Å². The second-order valence-corrected chi connectivity index (χ2v) is 9.59. The summed E-state index contributed by atoms with van der Waals surface area (Å²) in [6.07, 6.45) is 3.44. The molecule has 7 heteroatoms. The second-order valence-electron chi connectivity index (χ2n) is 9.59. The highest BCUT2D eigenvalue weighted by Gasteiger charge is 2.30. The topological polar surface area (TPSA) is 105 Å². The number of rotatable bonds is 9. The highest BCUT2D eigenvalue weighted by molar-refractivity contribution is 5.80. The zero-order valence-corrected chi connectivity index (χ0v) is 20.2. The minimum Gasteiger partial charge on any atom is -0.481 e. The Hall–Kier alpha value is -3.35. The molecule has 35 heavy (non-hydrogen) atoms. The highest BCUT2D eigenvalue weighted by atomic mass is 16.5. The number of nitrogens with one attached hydrogen (secondary N) is 2. The summed E-state index contributed by atoms with van der Waals surface area (Å²) in [5.74, 6) is -1.53. The molecule has 2 aromatic carbocycles. The van der Waals surface area contributed by atoms with E-state index in [1.165, 1.54) is 11.1 Å². The summed E-state index contributed by atoms with van der Waals surface area (Å²) in [4.78, 5) is 36.5.